The molecular weight excluding hydrogens is 763 g/mol. The third-order valence-corrected chi connectivity index (χ3v) is 15.9. The van der Waals surface area contributed by atoms with E-state index in [-0.39, 0.29) is 16.4 Å². The van der Waals surface area contributed by atoms with E-state index in [9.17, 15) is 18.3 Å². The number of ether oxygens (including phenoxy) is 1. The molecule has 12 heteroatoms. The molecule has 0 saturated carbocycles. The number of piperidine rings is 2. The molecule has 3 fully saturated rings. The fourth-order valence-corrected chi connectivity index (χ4v) is 11.5. The van der Waals surface area contributed by atoms with Crippen LogP contribution in [0.3, 0.4) is 0 Å². The van der Waals surface area contributed by atoms with Crippen molar-refractivity contribution in [2.24, 2.45) is 0 Å². The van der Waals surface area contributed by atoms with E-state index in [4.69, 9.17) is 4.74 Å². The van der Waals surface area contributed by atoms with Gasteiger partial charge in [-0.3, -0.25) is 14.8 Å². The van der Waals surface area contributed by atoms with Crippen LogP contribution in [-0.4, -0.2) is 126 Å². The van der Waals surface area contributed by atoms with Gasteiger partial charge in [-0.15, -0.1) is 0 Å². The average molecular weight is 834 g/mol. The van der Waals surface area contributed by atoms with E-state index in [0.29, 0.717) is 35.6 Å². The highest BCUT2D eigenvalue weighted by molar-refractivity contribution is 7.91. The Bertz CT molecular complexity index is 1770. The van der Waals surface area contributed by atoms with Crippen LogP contribution >= 0.6 is 0 Å². The monoisotopic (exact) mass is 833 g/mol. The Balaban J connectivity index is 1.04. The topological polar surface area (TPSA) is 113 Å². The molecule has 0 unspecified atom stereocenters. The summed E-state index contributed by atoms with van der Waals surface area (Å²) in [4.78, 5) is 27.7. The molecule has 1 radical (unpaired) electrons. The summed E-state index contributed by atoms with van der Waals surface area (Å²) in [5, 5.41) is 10.8. The maximum atomic E-state index is 14.5. The number of nitrogens with zero attached hydrogens (tertiary/aromatic N) is 5. The Morgan fingerprint density at radius 1 is 0.759 bits per heavy atom. The van der Waals surface area contributed by atoms with E-state index in [1.807, 2.05) is 18.2 Å². The number of rotatable bonds is 22. The Morgan fingerprint density at radius 3 is 1.91 bits per heavy atom. The molecule has 3 aliphatic rings. The lowest BCUT2D eigenvalue weighted by Gasteiger charge is -2.46. The minimum Gasteiger partial charge on any atom is -0.857 e. The number of aliphatic hydroxyl groups is 1. The first-order valence-corrected chi connectivity index (χ1v) is 26.2. The quantitative estimate of drug-likeness (QED) is 0.0905. The Labute approximate surface area is 351 Å². The number of anilines is 1. The lowest BCUT2D eigenvalue weighted by Crippen LogP contribution is -2.55. The number of likely N-dealkylation sites (tertiary alicyclic amines) is 1. The Kier molecular flexibility index (Phi) is 17.7. The Hall–Kier alpha value is -2.58. The Morgan fingerprint density at radius 2 is 1.33 bits per heavy atom. The van der Waals surface area contributed by atoms with Crippen molar-refractivity contribution in [3.8, 4) is 5.75 Å². The van der Waals surface area contributed by atoms with Crippen molar-refractivity contribution in [3.63, 3.8) is 0 Å². The van der Waals surface area contributed by atoms with Crippen molar-refractivity contribution >= 4 is 40.7 Å². The minimum absolute atomic E-state index is 0.205. The van der Waals surface area contributed by atoms with Crippen LogP contribution in [0.1, 0.15) is 110 Å². The number of sulfone groups is 1. The summed E-state index contributed by atoms with van der Waals surface area (Å²) in [6.45, 7) is 13.6. The first-order valence-electron chi connectivity index (χ1n) is 22.8. The zero-order valence-electron chi connectivity index (χ0n) is 35.6. The summed E-state index contributed by atoms with van der Waals surface area (Å²) in [5.41, 5.74) is 1.39. The molecular formula is C46H71N5O5SSi-. The van der Waals surface area contributed by atoms with Crippen LogP contribution in [0.25, 0.3) is 10.9 Å². The predicted octanol–water partition coefficient (Wildman–Crippen LogP) is 6.38. The van der Waals surface area contributed by atoms with Crippen molar-refractivity contribution in [1.29, 1.82) is 0 Å². The van der Waals surface area contributed by atoms with Crippen LogP contribution in [0.2, 0.25) is 6.55 Å². The molecule has 4 heterocycles. The number of β-amino-alcohol motifs (C(OH)–C–C–N with tert-alkyl or cyclic N) is 1. The van der Waals surface area contributed by atoms with Gasteiger partial charge in [-0.05, 0) is 84.6 Å². The van der Waals surface area contributed by atoms with Crippen molar-refractivity contribution in [2.45, 2.75) is 138 Å². The SMILES string of the molecule is CCCCCCCCCCCCCCOc1ccc(S(=O)(=O)c2cnc3ccc([Si](C)[O-])cc3c2N2CCC(N3CCC(N4CCN(CCO)CC4)CC3)CC2)cc1. The number of pyridine rings is 1. The highest BCUT2D eigenvalue weighted by Gasteiger charge is 2.34. The van der Waals surface area contributed by atoms with Crippen LogP contribution in [0.5, 0.6) is 5.75 Å². The summed E-state index contributed by atoms with van der Waals surface area (Å²) in [6, 6.07) is 13.6. The molecule has 6 rings (SSSR count). The fraction of sp³-hybridized carbons (Fsp3) is 0.674. The lowest BCUT2D eigenvalue weighted by molar-refractivity contribution is -0.187. The van der Waals surface area contributed by atoms with Crippen LogP contribution in [0, 0.1) is 0 Å². The van der Waals surface area contributed by atoms with Crippen molar-refractivity contribution < 1.29 is 23.1 Å². The summed E-state index contributed by atoms with van der Waals surface area (Å²) in [5.74, 6) is 0.684. The third-order valence-electron chi connectivity index (χ3n) is 13.0. The van der Waals surface area contributed by atoms with Gasteiger partial charge >= 0.3 is 0 Å². The van der Waals surface area contributed by atoms with Gasteiger partial charge in [0.15, 0.2) is 0 Å². The number of fused-ring (bicyclic) bond motifs is 1. The zero-order valence-corrected chi connectivity index (χ0v) is 37.4. The number of piperazine rings is 1. The number of aliphatic hydroxyl groups excluding tert-OH is 1. The van der Waals surface area contributed by atoms with Gasteiger partial charge in [0.05, 0.1) is 29.3 Å². The largest absolute Gasteiger partial charge is 0.857 e. The average Bonchev–Trinajstić information content (AvgIpc) is 3.25. The molecule has 2 aromatic carbocycles. The van der Waals surface area contributed by atoms with Gasteiger partial charge in [-0.2, -0.15) is 0 Å². The van der Waals surface area contributed by atoms with Gasteiger partial charge in [0.1, 0.15) is 10.6 Å². The standard InChI is InChI=1S/C46H71N5O5SSi/c1-3-4-5-6-7-8-9-10-11-12-13-14-35-56-40-15-17-41(18-16-40)57(53,54)45-37-47-44-20-19-42(58(2)55)36-43(44)46(45)51-27-23-38(24-28-51)49-25-21-39(22-26-49)50-31-29-48(30-32-50)33-34-52/h15-20,36-39,52H,3-14,21-35H2,1-2H3/q-1. The first kappa shape index (κ1) is 45.0. The smallest absolute Gasteiger partial charge is 0.210 e. The van der Waals surface area contributed by atoms with Gasteiger partial charge in [0.2, 0.25) is 9.84 Å². The molecule has 1 aromatic heterocycles. The minimum atomic E-state index is -3.93. The highest BCUT2D eigenvalue weighted by Crippen LogP contribution is 2.38. The van der Waals surface area contributed by atoms with E-state index in [0.717, 1.165) is 95.2 Å². The number of benzene rings is 2. The van der Waals surface area contributed by atoms with Crippen LogP contribution < -0.4 is 19.6 Å². The zero-order chi connectivity index (χ0) is 40.7. The number of hydrogen-bond donors (Lipinski definition) is 1. The third kappa shape index (κ3) is 12.3. The summed E-state index contributed by atoms with van der Waals surface area (Å²) < 4.78 is 35.0. The number of hydrogen-bond acceptors (Lipinski definition) is 10. The second kappa shape index (κ2) is 22.9. The van der Waals surface area contributed by atoms with Gasteiger partial charge in [-0.1, -0.05) is 101 Å². The van der Waals surface area contributed by atoms with E-state index in [2.05, 4.69) is 31.5 Å². The maximum Gasteiger partial charge on any atom is 0.210 e. The number of unbranched alkanes of at least 4 members (excludes halogenated alkanes) is 11. The molecule has 10 nitrogen and oxygen atoms in total. The molecule has 0 atom stereocenters. The number of aromatic nitrogens is 1. The highest BCUT2D eigenvalue weighted by atomic mass is 32.2. The van der Waals surface area contributed by atoms with Gasteiger partial charge in [0.25, 0.3) is 0 Å². The molecule has 0 aliphatic carbocycles. The molecule has 0 bridgehead atoms. The van der Waals surface area contributed by atoms with Crippen molar-refractivity contribution in [3.05, 3.63) is 48.7 Å². The second-order valence-corrected chi connectivity index (χ2v) is 20.7. The van der Waals surface area contributed by atoms with Gasteiger partial charge < -0.3 is 24.4 Å². The molecule has 321 valence electrons. The molecule has 3 aromatic rings. The van der Waals surface area contributed by atoms with Crippen molar-refractivity contribution in [1.82, 2.24) is 19.7 Å². The lowest BCUT2D eigenvalue weighted by atomic mass is 9.96. The van der Waals surface area contributed by atoms with E-state index in [1.165, 1.54) is 83.2 Å². The molecule has 0 spiro atoms. The van der Waals surface area contributed by atoms with Crippen LogP contribution in [0.15, 0.2) is 58.5 Å². The first-order chi connectivity index (χ1) is 28.3. The van der Waals surface area contributed by atoms with Crippen LogP contribution in [0.4, 0.5) is 5.69 Å². The van der Waals surface area contributed by atoms with Gasteiger partial charge in [0, 0.05) is 69.5 Å². The maximum absolute atomic E-state index is 14.5. The molecule has 58 heavy (non-hydrogen) atoms. The fourth-order valence-electron chi connectivity index (χ4n) is 9.44. The predicted molar refractivity (Wildman–Crippen MR) is 236 cm³/mol. The van der Waals surface area contributed by atoms with E-state index >= 15 is 0 Å². The molecule has 3 saturated heterocycles. The van der Waals surface area contributed by atoms with Crippen molar-refractivity contribution in [2.75, 3.05) is 77.0 Å². The van der Waals surface area contributed by atoms with E-state index < -0.39 is 18.9 Å². The summed E-state index contributed by atoms with van der Waals surface area (Å²) >= 11 is 0. The molecule has 3 aliphatic heterocycles. The van der Waals surface area contributed by atoms with Crippen LogP contribution in [-0.2, 0) is 9.84 Å². The van der Waals surface area contributed by atoms with Gasteiger partial charge in [-0.25, -0.2) is 8.42 Å². The molecule has 0 amide bonds. The second-order valence-electron chi connectivity index (χ2n) is 17.1. The molecule has 1 N–H and O–H groups in total. The summed E-state index contributed by atoms with van der Waals surface area (Å²) in [7, 11) is -5.92. The van der Waals surface area contributed by atoms with E-state index in [1.54, 1.807) is 30.8 Å². The normalized spacial score (nSPS) is 18.5. The summed E-state index contributed by atoms with van der Waals surface area (Å²) in [6.07, 6.45) is 21.3.